The molecule has 1 unspecified atom stereocenters. The van der Waals surface area contributed by atoms with Crippen molar-refractivity contribution in [1.82, 2.24) is 0 Å². The van der Waals surface area contributed by atoms with E-state index in [9.17, 15) is 0 Å². The average molecular weight is 294 g/mol. The SMILES string of the molecule is CCC(Br)[C](Br)Br. The summed E-state index contributed by atoms with van der Waals surface area (Å²) in [6, 6.07) is 0. The van der Waals surface area contributed by atoms with E-state index in [1.807, 2.05) is 0 Å². The summed E-state index contributed by atoms with van der Waals surface area (Å²) in [6.45, 7) is 2.11. The number of hydrogen-bond acceptors (Lipinski definition) is 0. The maximum absolute atomic E-state index is 3.41. The molecule has 0 aromatic carbocycles. The summed E-state index contributed by atoms with van der Waals surface area (Å²) >= 11 is 9.98. The number of alkyl halides is 1. The van der Waals surface area contributed by atoms with Crippen molar-refractivity contribution in [2.24, 2.45) is 0 Å². The van der Waals surface area contributed by atoms with Crippen LogP contribution in [0.4, 0.5) is 0 Å². The molecule has 1 atom stereocenters. The maximum Gasteiger partial charge on any atom is 0.119 e. The van der Waals surface area contributed by atoms with Crippen molar-refractivity contribution in [3.8, 4) is 0 Å². The summed E-state index contributed by atoms with van der Waals surface area (Å²) in [6.07, 6.45) is 1.10. The van der Waals surface area contributed by atoms with E-state index in [1.54, 1.807) is 0 Å². The lowest BCUT2D eigenvalue weighted by atomic mass is 10.4. The van der Waals surface area contributed by atoms with Crippen molar-refractivity contribution in [3.05, 3.63) is 3.74 Å². The zero-order chi connectivity index (χ0) is 5.86. The predicted octanol–water partition coefficient (Wildman–Crippen LogP) is 3.44. The van der Waals surface area contributed by atoms with Crippen LogP contribution in [0.15, 0.2) is 0 Å². The van der Waals surface area contributed by atoms with Gasteiger partial charge in [-0.05, 0) is 6.42 Å². The highest BCUT2D eigenvalue weighted by Gasteiger charge is 2.08. The summed E-state index contributed by atoms with van der Waals surface area (Å²) in [5.74, 6) is 0. The van der Waals surface area contributed by atoms with E-state index in [2.05, 4.69) is 54.7 Å². The van der Waals surface area contributed by atoms with Crippen molar-refractivity contribution < 1.29 is 0 Å². The molecule has 0 aliphatic rings. The molecule has 0 aliphatic heterocycles. The third-order valence-corrected chi connectivity index (χ3v) is 4.03. The van der Waals surface area contributed by atoms with Gasteiger partial charge in [0.25, 0.3) is 0 Å². The van der Waals surface area contributed by atoms with E-state index in [0.717, 1.165) is 10.2 Å². The van der Waals surface area contributed by atoms with Gasteiger partial charge < -0.3 is 0 Å². The van der Waals surface area contributed by atoms with Gasteiger partial charge in [-0.3, -0.25) is 0 Å². The second-order valence-corrected chi connectivity index (χ2v) is 5.04. The summed E-state index contributed by atoms with van der Waals surface area (Å²) in [5.41, 5.74) is 0. The standard InChI is InChI=1S/C4H6Br3/c1-2-3(5)4(6)7/h3H,2H2,1H3. The summed E-state index contributed by atoms with van der Waals surface area (Å²) in [4.78, 5) is 0.465. The van der Waals surface area contributed by atoms with Crippen LogP contribution >= 0.6 is 47.8 Å². The van der Waals surface area contributed by atoms with Crippen LogP contribution in [0.2, 0.25) is 0 Å². The van der Waals surface area contributed by atoms with E-state index in [1.165, 1.54) is 0 Å². The molecule has 0 aliphatic carbocycles. The van der Waals surface area contributed by atoms with Crippen LogP contribution in [0.5, 0.6) is 0 Å². The molecule has 0 N–H and O–H groups in total. The fourth-order valence-corrected chi connectivity index (χ4v) is 0.802. The highest BCUT2D eigenvalue weighted by atomic mass is 79.9. The number of hydrogen-bond donors (Lipinski definition) is 0. The molecular weight excluding hydrogens is 288 g/mol. The third-order valence-electron chi connectivity index (χ3n) is 0.595. The van der Waals surface area contributed by atoms with Gasteiger partial charge in [0.15, 0.2) is 0 Å². The van der Waals surface area contributed by atoms with Gasteiger partial charge in [0.2, 0.25) is 0 Å². The fourth-order valence-electron chi connectivity index (χ4n) is 0.154. The molecule has 0 fully saturated rings. The van der Waals surface area contributed by atoms with Crippen LogP contribution in [-0.2, 0) is 0 Å². The van der Waals surface area contributed by atoms with E-state index < -0.39 is 0 Å². The largest absolute Gasteiger partial charge is 0.119 e. The first-order valence-electron chi connectivity index (χ1n) is 2.00. The Labute approximate surface area is 69.4 Å². The van der Waals surface area contributed by atoms with Gasteiger partial charge in [-0.1, -0.05) is 54.7 Å². The monoisotopic (exact) mass is 291 g/mol. The quantitative estimate of drug-likeness (QED) is 0.684. The van der Waals surface area contributed by atoms with Crippen LogP contribution in [0, 0.1) is 3.74 Å². The average Bonchev–Trinajstić information content (AvgIpc) is 1.65. The molecule has 0 bridgehead atoms. The smallest absolute Gasteiger partial charge is 0.0865 e. The fraction of sp³-hybridized carbons (Fsp3) is 0.750. The van der Waals surface area contributed by atoms with Gasteiger partial charge >= 0.3 is 0 Å². The van der Waals surface area contributed by atoms with Gasteiger partial charge in [0.1, 0.15) is 3.74 Å². The van der Waals surface area contributed by atoms with Crippen molar-refractivity contribution in [2.75, 3.05) is 0 Å². The first-order valence-corrected chi connectivity index (χ1v) is 4.50. The Morgan fingerprint density at radius 3 is 2.00 bits per heavy atom. The van der Waals surface area contributed by atoms with E-state index in [-0.39, 0.29) is 0 Å². The third kappa shape index (κ3) is 3.98. The summed E-state index contributed by atoms with van der Waals surface area (Å²) in [5, 5.41) is 0. The lowest BCUT2D eigenvalue weighted by molar-refractivity contribution is 0.972. The highest BCUT2D eigenvalue weighted by Crippen LogP contribution is 2.29. The van der Waals surface area contributed by atoms with Crippen molar-refractivity contribution >= 4 is 47.8 Å². The lowest BCUT2D eigenvalue weighted by Crippen LogP contribution is -1.95. The molecular formula is C4H6Br3. The Bertz CT molecular complexity index is 44.2. The number of rotatable bonds is 2. The van der Waals surface area contributed by atoms with Gasteiger partial charge in [-0.25, -0.2) is 0 Å². The van der Waals surface area contributed by atoms with Crippen molar-refractivity contribution in [3.63, 3.8) is 0 Å². The second kappa shape index (κ2) is 4.33. The Morgan fingerprint density at radius 2 is 2.00 bits per heavy atom. The molecule has 0 spiro atoms. The minimum atomic E-state index is 0.465. The Morgan fingerprint density at radius 1 is 1.57 bits per heavy atom. The van der Waals surface area contributed by atoms with Crippen LogP contribution < -0.4 is 0 Å². The van der Waals surface area contributed by atoms with E-state index in [0.29, 0.717) is 4.83 Å². The molecule has 43 valence electrons. The molecule has 3 heteroatoms. The first kappa shape index (κ1) is 8.44. The molecule has 0 rings (SSSR count). The molecule has 0 heterocycles. The zero-order valence-corrected chi connectivity index (χ0v) is 8.68. The molecule has 0 amide bonds. The van der Waals surface area contributed by atoms with Crippen LogP contribution in [0.3, 0.4) is 0 Å². The van der Waals surface area contributed by atoms with Crippen LogP contribution in [-0.4, -0.2) is 4.83 Å². The minimum Gasteiger partial charge on any atom is -0.0865 e. The lowest BCUT2D eigenvalue weighted by Gasteiger charge is -2.03. The van der Waals surface area contributed by atoms with Crippen molar-refractivity contribution in [1.29, 1.82) is 0 Å². The molecule has 0 aromatic rings. The molecule has 0 saturated heterocycles. The van der Waals surface area contributed by atoms with Crippen molar-refractivity contribution in [2.45, 2.75) is 18.2 Å². The Kier molecular flexibility index (Phi) is 5.22. The van der Waals surface area contributed by atoms with Gasteiger partial charge in [-0.15, -0.1) is 0 Å². The van der Waals surface area contributed by atoms with E-state index >= 15 is 0 Å². The normalized spacial score (nSPS) is 15.0. The predicted molar refractivity (Wildman–Crippen MR) is 44.1 cm³/mol. The van der Waals surface area contributed by atoms with Gasteiger partial charge in [0, 0.05) is 4.83 Å². The zero-order valence-electron chi connectivity index (χ0n) is 3.92. The molecule has 0 saturated carbocycles. The maximum atomic E-state index is 3.41. The van der Waals surface area contributed by atoms with Crippen LogP contribution in [0.1, 0.15) is 13.3 Å². The summed E-state index contributed by atoms with van der Waals surface area (Å²) in [7, 11) is 0. The molecule has 7 heavy (non-hydrogen) atoms. The second-order valence-electron chi connectivity index (χ2n) is 1.17. The van der Waals surface area contributed by atoms with Gasteiger partial charge in [-0.2, -0.15) is 0 Å². The molecule has 0 nitrogen and oxygen atoms in total. The Hall–Kier alpha value is 1.44. The summed E-state index contributed by atoms with van der Waals surface area (Å²) < 4.78 is 1.09. The number of halogens is 3. The van der Waals surface area contributed by atoms with E-state index in [4.69, 9.17) is 0 Å². The van der Waals surface area contributed by atoms with Gasteiger partial charge in [0.05, 0.1) is 0 Å². The molecule has 1 radical (unpaired) electrons. The highest BCUT2D eigenvalue weighted by molar-refractivity contribution is 9.28. The first-order chi connectivity index (χ1) is 3.18. The minimum absolute atomic E-state index is 0.465. The topological polar surface area (TPSA) is 0 Å². The van der Waals surface area contributed by atoms with Crippen LogP contribution in [0.25, 0.3) is 0 Å². The molecule has 0 aromatic heterocycles. The Balaban J connectivity index is 3.14.